The van der Waals surface area contributed by atoms with E-state index in [0.29, 0.717) is 5.69 Å². The van der Waals surface area contributed by atoms with Gasteiger partial charge in [-0.15, -0.1) is 0 Å². The molecule has 0 aliphatic carbocycles. The molecule has 110 valence electrons. The lowest BCUT2D eigenvalue weighted by Crippen LogP contribution is -2.48. The summed E-state index contributed by atoms with van der Waals surface area (Å²) in [5.74, 6) is 0.116. The van der Waals surface area contributed by atoms with Crippen LogP contribution in [0.4, 0.5) is 5.69 Å². The molecule has 1 fully saturated rings. The number of rotatable bonds is 3. The van der Waals surface area contributed by atoms with Gasteiger partial charge < -0.3 is 10.6 Å². The molecule has 0 aromatic heterocycles. The van der Waals surface area contributed by atoms with E-state index < -0.39 is 0 Å². The van der Waals surface area contributed by atoms with Crippen molar-refractivity contribution in [2.75, 3.05) is 38.5 Å². The Hall–Kier alpha value is -1.55. The number of anilines is 1. The van der Waals surface area contributed by atoms with Gasteiger partial charge in [-0.25, -0.2) is 0 Å². The van der Waals surface area contributed by atoms with Crippen LogP contribution < -0.4 is 5.73 Å². The van der Waals surface area contributed by atoms with Crippen LogP contribution in [-0.2, 0) is 0 Å². The van der Waals surface area contributed by atoms with E-state index in [9.17, 15) is 4.79 Å². The van der Waals surface area contributed by atoms with Gasteiger partial charge in [-0.05, 0) is 44.0 Å². The lowest BCUT2D eigenvalue weighted by Gasteiger charge is -2.34. The topological polar surface area (TPSA) is 49.6 Å². The molecule has 4 nitrogen and oxygen atoms in total. The van der Waals surface area contributed by atoms with Crippen molar-refractivity contribution in [3.05, 3.63) is 28.8 Å². The van der Waals surface area contributed by atoms with E-state index in [-0.39, 0.29) is 5.91 Å². The first-order chi connectivity index (χ1) is 9.52. The van der Waals surface area contributed by atoms with Crippen molar-refractivity contribution >= 4 is 11.6 Å². The van der Waals surface area contributed by atoms with Gasteiger partial charge >= 0.3 is 0 Å². The second-order valence-electron chi connectivity index (χ2n) is 5.66. The average molecular weight is 275 g/mol. The number of nitrogens with two attached hydrogens (primary N) is 1. The Balaban J connectivity index is 2.07. The smallest absolute Gasteiger partial charge is 0.254 e. The first-order valence-electron chi connectivity index (χ1n) is 7.41. The molecule has 0 unspecified atom stereocenters. The summed E-state index contributed by atoms with van der Waals surface area (Å²) < 4.78 is 0. The number of hydrogen-bond donors (Lipinski definition) is 1. The zero-order valence-corrected chi connectivity index (χ0v) is 12.8. The molecule has 1 aromatic rings. The van der Waals surface area contributed by atoms with Crippen LogP contribution in [0.5, 0.6) is 0 Å². The first kappa shape index (κ1) is 14.9. The van der Waals surface area contributed by atoms with Crippen LogP contribution in [0.3, 0.4) is 0 Å². The molecule has 2 rings (SSSR count). The van der Waals surface area contributed by atoms with Crippen molar-refractivity contribution in [2.45, 2.75) is 27.2 Å². The molecule has 0 radical (unpaired) electrons. The summed E-state index contributed by atoms with van der Waals surface area (Å²) in [5.41, 5.74) is 9.43. The number of carbonyl (C=O) groups is 1. The van der Waals surface area contributed by atoms with Crippen LogP contribution in [-0.4, -0.2) is 48.4 Å². The fourth-order valence-electron chi connectivity index (χ4n) is 2.76. The van der Waals surface area contributed by atoms with E-state index in [0.717, 1.165) is 49.4 Å². The second-order valence-corrected chi connectivity index (χ2v) is 5.66. The summed E-state index contributed by atoms with van der Waals surface area (Å²) in [6.45, 7) is 10.8. The van der Waals surface area contributed by atoms with E-state index in [1.807, 2.05) is 30.9 Å². The van der Waals surface area contributed by atoms with Crippen LogP contribution in [0.2, 0.25) is 0 Å². The molecule has 0 saturated carbocycles. The molecule has 20 heavy (non-hydrogen) atoms. The third-order valence-corrected chi connectivity index (χ3v) is 4.04. The third-order valence-electron chi connectivity index (χ3n) is 4.04. The zero-order chi connectivity index (χ0) is 14.7. The number of benzene rings is 1. The minimum absolute atomic E-state index is 0.116. The van der Waals surface area contributed by atoms with E-state index in [2.05, 4.69) is 11.8 Å². The van der Waals surface area contributed by atoms with Gasteiger partial charge in [0.1, 0.15) is 0 Å². The summed E-state index contributed by atoms with van der Waals surface area (Å²) in [6, 6.07) is 3.82. The van der Waals surface area contributed by atoms with Crippen LogP contribution >= 0.6 is 0 Å². The van der Waals surface area contributed by atoms with Gasteiger partial charge in [-0.3, -0.25) is 9.69 Å². The van der Waals surface area contributed by atoms with Gasteiger partial charge in [0, 0.05) is 37.4 Å². The number of aryl methyl sites for hydroxylation is 2. The maximum atomic E-state index is 12.6. The average Bonchev–Trinajstić information content (AvgIpc) is 2.43. The lowest BCUT2D eigenvalue weighted by molar-refractivity contribution is 0.0637. The molecule has 1 saturated heterocycles. The largest absolute Gasteiger partial charge is 0.398 e. The van der Waals surface area contributed by atoms with Gasteiger partial charge in [-0.1, -0.05) is 13.0 Å². The maximum Gasteiger partial charge on any atom is 0.254 e. The molecule has 1 aromatic carbocycles. The van der Waals surface area contributed by atoms with E-state index in [1.165, 1.54) is 6.42 Å². The van der Waals surface area contributed by atoms with Crippen LogP contribution in [0.15, 0.2) is 12.1 Å². The Morgan fingerprint density at radius 3 is 2.40 bits per heavy atom. The standard InChI is InChI=1S/C16H25N3O/c1-4-5-18-6-8-19(9-7-18)16(20)14-11-15(17)13(3)10-12(14)2/h10-11H,4-9,17H2,1-3H3. The number of piperazine rings is 1. The predicted molar refractivity (Wildman–Crippen MR) is 83.0 cm³/mol. The van der Waals surface area contributed by atoms with Crippen molar-refractivity contribution in [1.29, 1.82) is 0 Å². The highest BCUT2D eigenvalue weighted by molar-refractivity contribution is 5.96. The van der Waals surface area contributed by atoms with Crippen LogP contribution in [0.25, 0.3) is 0 Å². The summed E-state index contributed by atoms with van der Waals surface area (Å²) in [6.07, 6.45) is 1.17. The Kier molecular flexibility index (Phi) is 4.65. The molecule has 4 heteroatoms. The SMILES string of the molecule is CCCN1CCN(C(=O)c2cc(N)c(C)cc2C)CC1. The number of nitrogens with zero attached hydrogens (tertiary/aromatic N) is 2. The summed E-state index contributed by atoms with van der Waals surface area (Å²) in [5, 5.41) is 0. The second kappa shape index (κ2) is 6.27. The molecule has 0 bridgehead atoms. The zero-order valence-electron chi connectivity index (χ0n) is 12.8. The van der Waals surface area contributed by atoms with E-state index in [4.69, 9.17) is 5.73 Å². The highest BCUT2D eigenvalue weighted by Gasteiger charge is 2.23. The summed E-state index contributed by atoms with van der Waals surface area (Å²) >= 11 is 0. The Bertz CT molecular complexity index is 491. The Morgan fingerprint density at radius 1 is 1.15 bits per heavy atom. The normalized spacial score (nSPS) is 16.4. The van der Waals surface area contributed by atoms with Crippen molar-refractivity contribution in [1.82, 2.24) is 9.80 Å². The van der Waals surface area contributed by atoms with E-state index >= 15 is 0 Å². The van der Waals surface area contributed by atoms with Gasteiger partial charge in [0.2, 0.25) is 0 Å². The van der Waals surface area contributed by atoms with Gasteiger partial charge in [-0.2, -0.15) is 0 Å². The molecule has 1 aliphatic rings. The molecule has 0 atom stereocenters. The minimum Gasteiger partial charge on any atom is -0.398 e. The van der Waals surface area contributed by atoms with Gasteiger partial charge in [0.15, 0.2) is 0 Å². The van der Waals surface area contributed by atoms with E-state index in [1.54, 1.807) is 0 Å². The Morgan fingerprint density at radius 2 is 1.80 bits per heavy atom. The quantitative estimate of drug-likeness (QED) is 0.859. The maximum absolute atomic E-state index is 12.6. The van der Waals surface area contributed by atoms with Crippen molar-refractivity contribution in [3.8, 4) is 0 Å². The summed E-state index contributed by atoms with van der Waals surface area (Å²) in [7, 11) is 0. The van der Waals surface area contributed by atoms with Crippen molar-refractivity contribution in [3.63, 3.8) is 0 Å². The number of amides is 1. The van der Waals surface area contributed by atoms with Crippen LogP contribution in [0.1, 0.15) is 34.8 Å². The highest BCUT2D eigenvalue weighted by atomic mass is 16.2. The number of nitrogen functional groups attached to an aromatic ring is 1. The first-order valence-corrected chi connectivity index (χ1v) is 7.41. The molecule has 1 aliphatic heterocycles. The molecule has 2 N–H and O–H groups in total. The van der Waals surface area contributed by atoms with Crippen molar-refractivity contribution < 1.29 is 4.79 Å². The minimum atomic E-state index is 0.116. The fourth-order valence-corrected chi connectivity index (χ4v) is 2.76. The third kappa shape index (κ3) is 3.12. The molecular weight excluding hydrogens is 250 g/mol. The van der Waals surface area contributed by atoms with Crippen LogP contribution in [0, 0.1) is 13.8 Å². The lowest BCUT2D eigenvalue weighted by atomic mass is 10.0. The molecular formula is C16H25N3O. The number of carbonyl (C=O) groups excluding carboxylic acids is 1. The molecule has 1 heterocycles. The monoisotopic (exact) mass is 275 g/mol. The summed E-state index contributed by atoms with van der Waals surface area (Å²) in [4.78, 5) is 17.0. The van der Waals surface area contributed by atoms with Crippen molar-refractivity contribution in [2.24, 2.45) is 0 Å². The molecule has 0 spiro atoms. The number of hydrogen-bond acceptors (Lipinski definition) is 3. The Labute approximate surface area is 121 Å². The van der Waals surface area contributed by atoms with Gasteiger partial charge in [0.25, 0.3) is 5.91 Å². The van der Waals surface area contributed by atoms with Gasteiger partial charge in [0.05, 0.1) is 0 Å². The predicted octanol–water partition coefficient (Wildman–Crippen LogP) is 2.05. The fraction of sp³-hybridized carbons (Fsp3) is 0.562. The highest BCUT2D eigenvalue weighted by Crippen LogP contribution is 2.20. The molecule has 1 amide bonds.